The Kier molecular flexibility index (Phi) is 5.37. The van der Waals surface area contributed by atoms with E-state index in [4.69, 9.17) is 0 Å². The molecule has 0 atom stereocenters. The predicted octanol–water partition coefficient (Wildman–Crippen LogP) is 3.35. The van der Waals surface area contributed by atoms with Crippen molar-refractivity contribution in [3.63, 3.8) is 0 Å². The summed E-state index contributed by atoms with van der Waals surface area (Å²) in [6.45, 7) is 6.16. The number of carbonyl (C=O) groups is 1. The van der Waals surface area contributed by atoms with Crippen molar-refractivity contribution in [2.45, 2.75) is 50.9 Å². The Balaban J connectivity index is 1.69. The van der Waals surface area contributed by atoms with E-state index in [-0.39, 0.29) is 5.41 Å². The van der Waals surface area contributed by atoms with E-state index in [1.165, 1.54) is 18.4 Å². The zero-order valence-corrected chi connectivity index (χ0v) is 14.4. The van der Waals surface area contributed by atoms with Crippen molar-refractivity contribution in [1.29, 1.82) is 0 Å². The topological polar surface area (TPSA) is 32.3 Å². The molecular formula is C20H30N2O. The van der Waals surface area contributed by atoms with E-state index in [0.29, 0.717) is 5.91 Å². The lowest BCUT2D eigenvalue weighted by atomic mass is 9.77. The molecule has 1 aromatic carbocycles. The fourth-order valence-corrected chi connectivity index (χ4v) is 4.35. The summed E-state index contributed by atoms with van der Waals surface area (Å²) in [5.41, 5.74) is 0.993. The Morgan fingerprint density at radius 2 is 1.83 bits per heavy atom. The third-order valence-corrected chi connectivity index (χ3v) is 5.78. The number of amides is 1. The molecule has 1 aliphatic carbocycles. The number of likely N-dealkylation sites (tertiary alicyclic amines) is 1. The van der Waals surface area contributed by atoms with Gasteiger partial charge in [0.15, 0.2) is 0 Å². The third-order valence-electron chi connectivity index (χ3n) is 5.78. The maximum atomic E-state index is 13.4. The number of hydrogen-bond acceptors (Lipinski definition) is 2. The largest absolute Gasteiger partial charge is 0.342 e. The molecule has 2 aliphatic rings. The fourth-order valence-electron chi connectivity index (χ4n) is 4.35. The van der Waals surface area contributed by atoms with E-state index in [1.807, 2.05) is 6.07 Å². The van der Waals surface area contributed by atoms with Crippen LogP contribution in [0.5, 0.6) is 0 Å². The fraction of sp³-hybridized carbons (Fsp3) is 0.650. The van der Waals surface area contributed by atoms with Gasteiger partial charge in [0, 0.05) is 13.1 Å². The quantitative estimate of drug-likeness (QED) is 0.904. The van der Waals surface area contributed by atoms with Gasteiger partial charge in [-0.2, -0.15) is 0 Å². The molecule has 1 amide bonds. The van der Waals surface area contributed by atoms with Crippen molar-refractivity contribution in [1.82, 2.24) is 10.2 Å². The minimum Gasteiger partial charge on any atom is -0.342 e. The van der Waals surface area contributed by atoms with Crippen molar-refractivity contribution in [2.24, 2.45) is 5.92 Å². The van der Waals surface area contributed by atoms with Gasteiger partial charge in [0.2, 0.25) is 5.91 Å². The predicted molar refractivity (Wildman–Crippen MR) is 94.4 cm³/mol. The summed E-state index contributed by atoms with van der Waals surface area (Å²) in [4.78, 5) is 15.5. The molecule has 0 spiro atoms. The molecular weight excluding hydrogens is 284 g/mol. The number of piperidine rings is 1. The number of hydrogen-bond donors (Lipinski definition) is 1. The first-order valence-electron chi connectivity index (χ1n) is 9.32. The van der Waals surface area contributed by atoms with Gasteiger partial charge in [0.25, 0.3) is 0 Å². The highest BCUT2D eigenvalue weighted by atomic mass is 16.2. The minimum absolute atomic E-state index is 0.240. The van der Waals surface area contributed by atoms with Gasteiger partial charge in [0.1, 0.15) is 0 Å². The van der Waals surface area contributed by atoms with E-state index < -0.39 is 0 Å². The van der Waals surface area contributed by atoms with Crippen molar-refractivity contribution < 1.29 is 4.79 Å². The van der Waals surface area contributed by atoms with Gasteiger partial charge >= 0.3 is 0 Å². The first-order valence-corrected chi connectivity index (χ1v) is 9.32. The molecule has 126 valence electrons. The number of nitrogens with zero attached hydrogens (tertiary/aromatic N) is 1. The van der Waals surface area contributed by atoms with E-state index in [1.54, 1.807) is 0 Å². The molecule has 2 fully saturated rings. The molecule has 3 heteroatoms. The number of benzene rings is 1. The second-order valence-corrected chi connectivity index (χ2v) is 7.20. The van der Waals surface area contributed by atoms with E-state index in [9.17, 15) is 4.79 Å². The smallest absolute Gasteiger partial charge is 0.233 e. The second-order valence-electron chi connectivity index (χ2n) is 7.20. The third kappa shape index (κ3) is 3.45. The molecule has 23 heavy (non-hydrogen) atoms. The van der Waals surface area contributed by atoms with E-state index >= 15 is 0 Å². The number of nitrogens with one attached hydrogen (secondary N) is 1. The standard InChI is InChI=1S/C20H30N2O/c1-2-21-16-17-10-14-22(15-11-17)19(23)20(12-6-7-13-20)18-8-4-3-5-9-18/h3-5,8-9,17,21H,2,6-7,10-16H2,1H3. The molecule has 1 N–H and O–H groups in total. The highest BCUT2D eigenvalue weighted by molar-refractivity contribution is 5.88. The van der Waals surface area contributed by atoms with Crippen LogP contribution in [0.2, 0.25) is 0 Å². The maximum absolute atomic E-state index is 13.4. The SMILES string of the molecule is CCNCC1CCN(C(=O)C2(c3ccccc3)CCCC2)CC1. The van der Waals surface area contributed by atoms with Gasteiger partial charge in [0.05, 0.1) is 5.41 Å². The Morgan fingerprint density at radius 3 is 2.43 bits per heavy atom. The molecule has 3 rings (SSSR count). The lowest BCUT2D eigenvalue weighted by molar-refractivity contribution is -0.138. The normalized spacial score (nSPS) is 21.5. The van der Waals surface area contributed by atoms with E-state index in [0.717, 1.165) is 57.8 Å². The summed E-state index contributed by atoms with van der Waals surface area (Å²) in [5, 5.41) is 3.45. The first-order chi connectivity index (χ1) is 11.3. The second kappa shape index (κ2) is 7.48. The Bertz CT molecular complexity index is 500. The Hall–Kier alpha value is -1.35. The molecule has 0 aromatic heterocycles. The molecule has 1 heterocycles. The maximum Gasteiger partial charge on any atom is 0.233 e. The lowest BCUT2D eigenvalue weighted by Crippen LogP contribution is -2.49. The van der Waals surface area contributed by atoms with Crippen LogP contribution in [0.1, 0.15) is 51.0 Å². The van der Waals surface area contributed by atoms with Gasteiger partial charge in [-0.1, -0.05) is 50.1 Å². The van der Waals surface area contributed by atoms with Crippen LogP contribution in [0.15, 0.2) is 30.3 Å². The number of carbonyl (C=O) groups excluding carboxylic acids is 1. The minimum atomic E-state index is -0.240. The zero-order valence-electron chi connectivity index (χ0n) is 14.4. The van der Waals surface area contributed by atoms with Gasteiger partial charge in [-0.05, 0) is 50.3 Å². The van der Waals surface area contributed by atoms with Crippen molar-refractivity contribution >= 4 is 5.91 Å². The number of rotatable bonds is 5. The molecule has 0 bridgehead atoms. The summed E-state index contributed by atoms with van der Waals surface area (Å²) in [6.07, 6.45) is 6.68. The van der Waals surface area contributed by atoms with Crippen molar-refractivity contribution in [3.05, 3.63) is 35.9 Å². The summed E-state index contributed by atoms with van der Waals surface area (Å²) in [5.74, 6) is 1.12. The summed E-state index contributed by atoms with van der Waals surface area (Å²) in [6, 6.07) is 10.5. The van der Waals surface area contributed by atoms with Crippen LogP contribution < -0.4 is 5.32 Å². The van der Waals surface area contributed by atoms with E-state index in [2.05, 4.69) is 41.4 Å². The van der Waals surface area contributed by atoms with Gasteiger partial charge in [-0.15, -0.1) is 0 Å². The van der Waals surface area contributed by atoms with Crippen molar-refractivity contribution in [3.8, 4) is 0 Å². The molecule has 3 nitrogen and oxygen atoms in total. The van der Waals surface area contributed by atoms with Gasteiger partial charge in [-0.25, -0.2) is 0 Å². The summed E-state index contributed by atoms with van der Waals surface area (Å²) < 4.78 is 0. The first kappa shape index (κ1) is 16.5. The molecule has 1 saturated carbocycles. The lowest BCUT2D eigenvalue weighted by Gasteiger charge is -2.39. The highest BCUT2D eigenvalue weighted by Crippen LogP contribution is 2.43. The monoisotopic (exact) mass is 314 g/mol. The summed E-state index contributed by atoms with van der Waals surface area (Å²) in [7, 11) is 0. The van der Waals surface area contributed by atoms with Crippen LogP contribution in [0.25, 0.3) is 0 Å². The molecule has 1 saturated heterocycles. The van der Waals surface area contributed by atoms with Crippen LogP contribution in [0.3, 0.4) is 0 Å². The Morgan fingerprint density at radius 1 is 1.17 bits per heavy atom. The molecule has 0 unspecified atom stereocenters. The highest BCUT2D eigenvalue weighted by Gasteiger charge is 2.45. The average Bonchev–Trinajstić information content (AvgIpc) is 3.11. The van der Waals surface area contributed by atoms with Crippen LogP contribution >= 0.6 is 0 Å². The molecule has 1 aliphatic heterocycles. The summed E-state index contributed by atoms with van der Waals surface area (Å²) >= 11 is 0. The molecule has 1 aromatic rings. The van der Waals surface area contributed by atoms with Crippen LogP contribution in [-0.4, -0.2) is 37.0 Å². The molecule has 0 radical (unpaired) electrons. The van der Waals surface area contributed by atoms with Crippen LogP contribution in [-0.2, 0) is 10.2 Å². The van der Waals surface area contributed by atoms with Crippen molar-refractivity contribution in [2.75, 3.05) is 26.2 Å². The van der Waals surface area contributed by atoms with Gasteiger partial charge in [-0.3, -0.25) is 4.79 Å². The van der Waals surface area contributed by atoms with Crippen LogP contribution in [0.4, 0.5) is 0 Å². The Labute approximate surface area is 140 Å². The average molecular weight is 314 g/mol. The van der Waals surface area contributed by atoms with Gasteiger partial charge < -0.3 is 10.2 Å². The zero-order chi connectivity index (χ0) is 16.1. The van der Waals surface area contributed by atoms with Crippen LogP contribution in [0, 0.1) is 5.92 Å².